The van der Waals surface area contributed by atoms with Crippen LogP contribution in [0.1, 0.15) is 55.2 Å². The number of ether oxygens (including phenoxy) is 2. The van der Waals surface area contributed by atoms with E-state index >= 15 is 0 Å². The quantitative estimate of drug-likeness (QED) is 0.297. The second-order valence-corrected chi connectivity index (χ2v) is 10.9. The zero-order valence-corrected chi connectivity index (χ0v) is 23.1. The monoisotopic (exact) mass is 556 g/mol. The fraction of sp³-hybridized carbons (Fsp3) is 0.364. The molecular weight excluding hydrogens is 520 g/mol. The maximum atomic E-state index is 12.9. The van der Waals surface area contributed by atoms with E-state index in [-0.39, 0.29) is 43.4 Å². The molecule has 3 aromatic carbocycles. The van der Waals surface area contributed by atoms with Crippen molar-refractivity contribution in [3.05, 3.63) is 95.6 Å². The van der Waals surface area contributed by atoms with E-state index in [0.29, 0.717) is 0 Å². The van der Waals surface area contributed by atoms with Gasteiger partial charge in [-0.2, -0.15) is 0 Å². The van der Waals surface area contributed by atoms with E-state index in [1.54, 1.807) is 6.92 Å². The number of carboxylic acid groups (broad SMARTS) is 1. The number of amides is 2. The summed E-state index contributed by atoms with van der Waals surface area (Å²) in [4.78, 5) is 37.6. The molecule has 2 aliphatic rings. The summed E-state index contributed by atoms with van der Waals surface area (Å²) in [5.74, 6) is -1.67. The first-order valence-electron chi connectivity index (χ1n) is 14.2. The zero-order chi connectivity index (χ0) is 28.8. The molecule has 2 unspecified atom stereocenters. The van der Waals surface area contributed by atoms with Crippen molar-refractivity contribution in [3.8, 4) is 11.1 Å². The van der Waals surface area contributed by atoms with Gasteiger partial charge >= 0.3 is 12.1 Å². The molecule has 3 aromatic rings. The Bertz CT molecular complexity index is 1330. The highest BCUT2D eigenvalue weighted by atomic mass is 16.5. The first kappa shape index (κ1) is 28.4. The topological polar surface area (TPSA) is 114 Å². The largest absolute Gasteiger partial charge is 0.480 e. The summed E-state index contributed by atoms with van der Waals surface area (Å²) in [5, 5.41) is 15.3. The van der Waals surface area contributed by atoms with Crippen LogP contribution in [0.4, 0.5) is 4.79 Å². The number of benzene rings is 3. The van der Waals surface area contributed by atoms with Gasteiger partial charge in [-0.05, 0) is 53.5 Å². The highest BCUT2D eigenvalue weighted by Gasteiger charge is 2.34. The minimum absolute atomic E-state index is 0.0302. The Kier molecular flexibility index (Phi) is 8.99. The molecule has 0 aromatic heterocycles. The molecule has 5 rings (SSSR count). The maximum Gasteiger partial charge on any atom is 0.407 e. The lowest BCUT2D eigenvalue weighted by Gasteiger charge is -2.24. The fourth-order valence-electron chi connectivity index (χ4n) is 6.01. The fourth-order valence-corrected chi connectivity index (χ4v) is 6.01. The van der Waals surface area contributed by atoms with Crippen LogP contribution in [0, 0.1) is 5.92 Å². The van der Waals surface area contributed by atoms with Crippen LogP contribution in [0.25, 0.3) is 11.1 Å². The van der Waals surface area contributed by atoms with Crippen molar-refractivity contribution in [2.45, 2.75) is 63.3 Å². The molecule has 2 amide bonds. The molecule has 8 nitrogen and oxygen atoms in total. The lowest BCUT2D eigenvalue weighted by Crippen LogP contribution is -2.49. The number of carbonyl (C=O) groups excluding carboxylic acids is 2. The molecule has 0 heterocycles. The zero-order valence-electron chi connectivity index (χ0n) is 23.1. The summed E-state index contributed by atoms with van der Waals surface area (Å²) >= 11 is 0. The van der Waals surface area contributed by atoms with Gasteiger partial charge in [-0.15, -0.1) is 0 Å². The number of carboxylic acids is 1. The van der Waals surface area contributed by atoms with E-state index in [1.165, 1.54) is 11.1 Å². The summed E-state index contributed by atoms with van der Waals surface area (Å²) in [6, 6.07) is 24.4. The van der Waals surface area contributed by atoms with Crippen LogP contribution in [0.2, 0.25) is 0 Å². The number of fused-ring (bicyclic) bond motifs is 3. The normalized spacial score (nSPS) is 19.0. The van der Waals surface area contributed by atoms with E-state index < -0.39 is 24.2 Å². The number of aliphatic carboxylic acids is 1. The summed E-state index contributed by atoms with van der Waals surface area (Å²) in [6.07, 6.45) is 1.25. The van der Waals surface area contributed by atoms with Crippen LogP contribution in [-0.2, 0) is 25.7 Å². The first-order valence-corrected chi connectivity index (χ1v) is 14.2. The second-order valence-electron chi connectivity index (χ2n) is 10.9. The number of alkyl carbamates (subject to hydrolysis) is 1. The Balaban J connectivity index is 1.12. The first-order chi connectivity index (χ1) is 19.9. The third-order valence-corrected chi connectivity index (χ3v) is 8.16. The van der Waals surface area contributed by atoms with Crippen LogP contribution in [0.5, 0.6) is 0 Å². The summed E-state index contributed by atoms with van der Waals surface area (Å²) in [5.41, 5.74) is 5.54. The average Bonchev–Trinajstić information content (AvgIpc) is 3.55. The molecule has 4 atom stereocenters. The molecule has 8 heteroatoms. The molecule has 0 aliphatic heterocycles. The third kappa shape index (κ3) is 6.77. The average molecular weight is 557 g/mol. The van der Waals surface area contributed by atoms with Gasteiger partial charge < -0.3 is 25.2 Å². The molecule has 41 heavy (non-hydrogen) atoms. The van der Waals surface area contributed by atoms with Gasteiger partial charge in [-0.25, -0.2) is 9.59 Å². The van der Waals surface area contributed by atoms with Crippen molar-refractivity contribution < 1.29 is 29.0 Å². The minimum atomic E-state index is -1.18. The van der Waals surface area contributed by atoms with Gasteiger partial charge in [-0.1, -0.05) is 85.3 Å². The summed E-state index contributed by atoms with van der Waals surface area (Å²) < 4.78 is 11.4. The van der Waals surface area contributed by atoms with Gasteiger partial charge in [-0.3, -0.25) is 4.79 Å². The Morgan fingerprint density at radius 3 is 2.20 bits per heavy atom. The third-order valence-electron chi connectivity index (χ3n) is 8.16. The van der Waals surface area contributed by atoms with Crippen LogP contribution in [0.15, 0.2) is 78.9 Å². The smallest absolute Gasteiger partial charge is 0.407 e. The SMILES string of the molecule is C[C@H](OCc1ccccc1)[C@@H](NC(=O)CC1CCCC1NC(=O)OCC1c2ccccc2-c2ccccc21)C(=O)O. The van der Waals surface area contributed by atoms with Crippen molar-refractivity contribution in [1.82, 2.24) is 10.6 Å². The molecule has 0 radical (unpaired) electrons. The Hall–Kier alpha value is -4.17. The lowest BCUT2D eigenvalue weighted by atomic mass is 9.98. The predicted molar refractivity (Wildman–Crippen MR) is 154 cm³/mol. The van der Waals surface area contributed by atoms with E-state index in [1.807, 2.05) is 54.6 Å². The van der Waals surface area contributed by atoms with Crippen LogP contribution >= 0.6 is 0 Å². The predicted octanol–water partition coefficient (Wildman–Crippen LogP) is 5.26. The van der Waals surface area contributed by atoms with E-state index in [0.717, 1.165) is 36.0 Å². The van der Waals surface area contributed by atoms with E-state index in [9.17, 15) is 19.5 Å². The van der Waals surface area contributed by atoms with Gasteiger partial charge in [0.1, 0.15) is 6.61 Å². The summed E-state index contributed by atoms with van der Waals surface area (Å²) in [6.45, 7) is 2.11. The highest BCUT2D eigenvalue weighted by Crippen LogP contribution is 2.44. The van der Waals surface area contributed by atoms with Crippen molar-refractivity contribution in [3.63, 3.8) is 0 Å². The van der Waals surface area contributed by atoms with Gasteiger partial charge in [0.25, 0.3) is 0 Å². The second kappa shape index (κ2) is 13.0. The molecule has 3 N–H and O–H groups in total. The number of hydrogen-bond acceptors (Lipinski definition) is 5. The molecule has 2 aliphatic carbocycles. The van der Waals surface area contributed by atoms with Crippen molar-refractivity contribution in [2.24, 2.45) is 5.92 Å². The molecule has 1 saturated carbocycles. The van der Waals surface area contributed by atoms with Gasteiger partial charge in [0.2, 0.25) is 5.91 Å². The summed E-state index contributed by atoms with van der Waals surface area (Å²) in [7, 11) is 0. The molecule has 1 fully saturated rings. The lowest BCUT2D eigenvalue weighted by molar-refractivity contribution is -0.146. The van der Waals surface area contributed by atoms with Crippen LogP contribution < -0.4 is 10.6 Å². The van der Waals surface area contributed by atoms with Crippen molar-refractivity contribution >= 4 is 18.0 Å². The maximum absolute atomic E-state index is 12.9. The van der Waals surface area contributed by atoms with E-state index in [4.69, 9.17) is 9.47 Å². The molecule has 0 spiro atoms. The van der Waals surface area contributed by atoms with Gasteiger partial charge in [0, 0.05) is 18.4 Å². The number of rotatable bonds is 11. The van der Waals surface area contributed by atoms with Crippen molar-refractivity contribution in [2.75, 3.05) is 6.61 Å². The van der Waals surface area contributed by atoms with Gasteiger partial charge in [0.05, 0.1) is 12.7 Å². The van der Waals surface area contributed by atoms with Crippen molar-refractivity contribution in [1.29, 1.82) is 0 Å². The number of hydrogen-bond donors (Lipinski definition) is 3. The molecule has 214 valence electrons. The Labute approximate surface area is 240 Å². The minimum Gasteiger partial charge on any atom is -0.480 e. The number of nitrogens with one attached hydrogen (secondary N) is 2. The Morgan fingerprint density at radius 1 is 0.902 bits per heavy atom. The van der Waals surface area contributed by atoms with Crippen LogP contribution in [-0.4, -0.2) is 47.9 Å². The number of carbonyl (C=O) groups is 3. The van der Waals surface area contributed by atoms with Gasteiger partial charge in [0.15, 0.2) is 6.04 Å². The Morgan fingerprint density at radius 2 is 1.54 bits per heavy atom. The molecule has 0 saturated heterocycles. The standard InChI is InChI=1S/C33H36N2O6/c1-21(40-19-22-10-3-2-4-11-22)31(32(37)38)35-30(36)18-23-12-9-17-29(23)34-33(39)41-20-28-26-15-7-5-13-24(26)25-14-6-8-16-27(25)28/h2-8,10-11,13-16,21,23,28-29,31H,9,12,17-20H2,1H3,(H,34,39)(H,35,36)(H,37,38)/t21-,23?,29?,31+/m0/s1. The van der Waals surface area contributed by atoms with E-state index in [2.05, 4.69) is 34.9 Å². The van der Waals surface area contributed by atoms with Crippen LogP contribution in [0.3, 0.4) is 0 Å². The molecule has 0 bridgehead atoms. The molecular formula is C33H36N2O6. The highest BCUT2D eigenvalue weighted by molar-refractivity contribution is 5.84.